The molecule has 7 heteroatoms. The zero-order valence-electron chi connectivity index (χ0n) is 12.4. The van der Waals surface area contributed by atoms with E-state index in [9.17, 15) is 14.4 Å². The van der Waals surface area contributed by atoms with Crippen molar-refractivity contribution in [2.45, 2.75) is 20.0 Å². The highest BCUT2D eigenvalue weighted by atomic mass is 16.4. The van der Waals surface area contributed by atoms with Crippen molar-refractivity contribution in [2.24, 2.45) is 0 Å². The Morgan fingerprint density at radius 1 is 1.26 bits per heavy atom. The zero-order valence-corrected chi connectivity index (χ0v) is 12.4. The fraction of sp³-hybridized carbons (Fsp3) is 0.188. The molecule has 0 saturated heterocycles. The number of nitrogens with zero attached hydrogens (tertiary/aromatic N) is 1. The van der Waals surface area contributed by atoms with Crippen LogP contribution < -0.4 is 11.1 Å². The van der Waals surface area contributed by atoms with Crippen molar-refractivity contribution in [2.75, 3.05) is 0 Å². The lowest BCUT2D eigenvalue weighted by Gasteiger charge is -2.04. The molecule has 0 aliphatic rings. The van der Waals surface area contributed by atoms with Crippen molar-refractivity contribution in [3.05, 3.63) is 58.5 Å². The number of hydrogen-bond donors (Lipinski definition) is 1. The highest BCUT2D eigenvalue weighted by molar-refractivity contribution is 5.97. The standard InChI is InChI=1S/C16H14N2O5/c1-10(19)11-4-5-13-14(7-11)23-16(21)18(13)9-15(20)17-8-12-3-2-6-22-12/h2-7H,8-9H2,1H3,(H,17,20). The summed E-state index contributed by atoms with van der Waals surface area (Å²) in [5.41, 5.74) is 1.19. The Bertz CT molecular complexity index is 918. The molecular weight excluding hydrogens is 300 g/mol. The number of rotatable bonds is 5. The van der Waals surface area contributed by atoms with Gasteiger partial charge in [-0.05, 0) is 37.3 Å². The van der Waals surface area contributed by atoms with Gasteiger partial charge in [0.15, 0.2) is 11.4 Å². The number of hydrogen-bond acceptors (Lipinski definition) is 5. The predicted molar refractivity (Wildman–Crippen MR) is 81.0 cm³/mol. The average Bonchev–Trinajstić information content (AvgIpc) is 3.13. The zero-order chi connectivity index (χ0) is 16.4. The van der Waals surface area contributed by atoms with Gasteiger partial charge in [0.1, 0.15) is 12.3 Å². The van der Waals surface area contributed by atoms with Crippen LogP contribution in [0.1, 0.15) is 23.0 Å². The van der Waals surface area contributed by atoms with E-state index in [-0.39, 0.29) is 30.4 Å². The molecule has 3 rings (SSSR count). The monoisotopic (exact) mass is 314 g/mol. The molecule has 0 fully saturated rings. The highest BCUT2D eigenvalue weighted by Gasteiger charge is 2.14. The minimum Gasteiger partial charge on any atom is -0.467 e. The predicted octanol–water partition coefficient (Wildman–Crippen LogP) is 1.71. The molecule has 0 spiro atoms. The fourth-order valence-corrected chi connectivity index (χ4v) is 2.23. The van der Waals surface area contributed by atoms with Crippen LogP contribution in [-0.2, 0) is 17.9 Å². The third-order valence-corrected chi connectivity index (χ3v) is 3.42. The van der Waals surface area contributed by atoms with Gasteiger partial charge in [0.2, 0.25) is 5.91 Å². The van der Waals surface area contributed by atoms with Crippen molar-refractivity contribution < 1.29 is 18.4 Å². The van der Waals surface area contributed by atoms with Crippen molar-refractivity contribution >= 4 is 22.8 Å². The summed E-state index contributed by atoms with van der Waals surface area (Å²) in [6.07, 6.45) is 1.52. The second kappa shape index (κ2) is 5.96. The highest BCUT2D eigenvalue weighted by Crippen LogP contribution is 2.15. The average molecular weight is 314 g/mol. The third-order valence-electron chi connectivity index (χ3n) is 3.42. The molecule has 2 aromatic heterocycles. The van der Waals surface area contributed by atoms with Crippen LogP contribution in [0.4, 0.5) is 0 Å². The van der Waals surface area contributed by atoms with Crippen LogP contribution in [0.5, 0.6) is 0 Å². The van der Waals surface area contributed by atoms with Gasteiger partial charge in [0.05, 0.1) is 18.3 Å². The first-order valence-electron chi connectivity index (χ1n) is 6.98. The molecule has 1 aromatic carbocycles. The van der Waals surface area contributed by atoms with Crippen LogP contribution >= 0.6 is 0 Å². The molecule has 23 heavy (non-hydrogen) atoms. The van der Waals surface area contributed by atoms with Crippen molar-refractivity contribution in [1.29, 1.82) is 0 Å². The van der Waals surface area contributed by atoms with Crippen molar-refractivity contribution in [1.82, 2.24) is 9.88 Å². The van der Waals surface area contributed by atoms with E-state index in [4.69, 9.17) is 8.83 Å². The Labute approximate surface area is 130 Å². The van der Waals surface area contributed by atoms with Gasteiger partial charge in [-0.15, -0.1) is 0 Å². The van der Waals surface area contributed by atoms with E-state index in [0.717, 1.165) is 0 Å². The second-order valence-electron chi connectivity index (χ2n) is 5.05. The van der Waals surface area contributed by atoms with Crippen LogP contribution in [0.3, 0.4) is 0 Å². The van der Waals surface area contributed by atoms with E-state index < -0.39 is 5.76 Å². The lowest BCUT2D eigenvalue weighted by molar-refractivity contribution is -0.121. The number of fused-ring (bicyclic) bond motifs is 1. The number of oxazole rings is 1. The maximum atomic E-state index is 12.0. The summed E-state index contributed by atoms with van der Waals surface area (Å²) in [5, 5.41) is 2.66. The normalized spacial score (nSPS) is 10.8. The summed E-state index contributed by atoms with van der Waals surface area (Å²) in [4.78, 5) is 35.2. The largest absolute Gasteiger partial charge is 0.467 e. The number of benzene rings is 1. The number of Topliss-reactive ketones (excluding diaryl/α,β-unsaturated/α-hetero) is 1. The second-order valence-corrected chi connectivity index (χ2v) is 5.05. The molecule has 0 radical (unpaired) electrons. The molecule has 0 aliphatic heterocycles. The summed E-state index contributed by atoms with van der Waals surface area (Å²) < 4.78 is 11.4. The van der Waals surface area contributed by atoms with E-state index in [1.807, 2.05) is 0 Å². The van der Waals surface area contributed by atoms with E-state index in [2.05, 4.69) is 5.32 Å². The first-order valence-corrected chi connectivity index (χ1v) is 6.98. The van der Waals surface area contributed by atoms with Crippen LogP contribution in [0.15, 0.2) is 50.2 Å². The Hall–Kier alpha value is -3.09. The Morgan fingerprint density at radius 3 is 2.78 bits per heavy atom. The molecule has 7 nitrogen and oxygen atoms in total. The van der Waals surface area contributed by atoms with Gasteiger partial charge in [-0.25, -0.2) is 4.79 Å². The lowest BCUT2D eigenvalue weighted by Crippen LogP contribution is -2.30. The molecule has 0 bridgehead atoms. The van der Waals surface area contributed by atoms with Crippen LogP contribution in [0.25, 0.3) is 11.1 Å². The third kappa shape index (κ3) is 3.08. The van der Waals surface area contributed by atoms with Gasteiger partial charge < -0.3 is 14.2 Å². The maximum Gasteiger partial charge on any atom is 0.420 e. The van der Waals surface area contributed by atoms with Gasteiger partial charge in [-0.3, -0.25) is 14.2 Å². The van der Waals surface area contributed by atoms with Crippen LogP contribution in [-0.4, -0.2) is 16.3 Å². The van der Waals surface area contributed by atoms with Gasteiger partial charge in [-0.2, -0.15) is 0 Å². The van der Waals surface area contributed by atoms with Crippen LogP contribution in [0.2, 0.25) is 0 Å². The number of aromatic nitrogens is 1. The molecule has 0 aliphatic carbocycles. The Balaban J connectivity index is 1.79. The Kier molecular flexibility index (Phi) is 3.84. The summed E-state index contributed by atoms with van der Waals surface area (Å²) >= 11 is 0. The number of ketones is 1. The van der Waals surface area contributed by atoms with Gasteiger partial charge in [-0.1, -0.05) is 0 Å². The topological polar surface area (TPSA) is 94.5 Å². The molecule has 0 atom stereocenters. The molecule has 3 aromatic rings. The summed E-state index contributed by atoms with van der Waals surface area (Å²) in [5.74, 6) is -0.497. The SMILES string of the molecule is CC(=O)c1ccc2c(c1)oc(=O)n2CC(=O)NCc1ccco1. The first kappa shape index (κ1) is 14.8. The minimum absolute atomic E-state index is 0.126. The van der Waals surface area contributed by atoms with E-state index >= 15 is 0 Å². The van der Waals surface area contributed by atoms with Crippen molar-refractivity contribution in [3.63, 3.8) is 0 Å². The Morgan fingerprint density at radius 2 is 2.09 bits per heavy atom. The molecular formula is C16H14N2O5. The maximum absolute atomic E-state index is 12.0. The van der Waals surface area contributed by atoms with Gasteiger partial charge >= 0.3 is 5.76 Å². The molecule has 118 valence electrons. The minimum atomic E-state index is -0.645. The summed E-state index contributed by atoms with van der Waals surface area (Å²) in [7, 11) is 0. The number of amides is 1. The summed E-state index contributed by atoms with van der Waals surface area (Å²) in [6.45, 7) is 1.50. The lowest BCUT2D eigenvalue weighted by atomic mass is 10.1. The molecule has 1 amide bonds. The van der Waals surface area contributed by atoms with Crippen LogP contribution in [0, 0.1) is 0 Å². The smallest absolute Gasteiger partial charge is 0.420 e. The number of nitrogens with one attached hydrogen (secondary N) is 1. The number of carbonyl (C=O) groups excluding carboxylic acids is 2. The molecule has 2 heterocycles. The first-order chi connectivity index (χ1) is 11.0. The van der Waals surface area contributed by atoms with E-state index in [1.54, 1.807) is 24.3 Å². The molecule has 0 saturated carbocycles. The molecule has 0 unspecified atom stereocenters. The van der Waals surface area contributed by atoms with E-state index in [1.165, 1.54) is 23.8 Å². The fourth-order valence-electron chi connectivity index (χ4n) is 2.23. The van der Waals surface area contributed by atoms with Gasteiger partial charge in [0.25, 0.3) is 0 Å². The van der Waals surface area contributed by atoms with E-state index in [0.29, 0.717) is 16.8 Å². The number of furan rings is 1. The molecule has 1 N–H and O–H groups in total. The quantitative estimate of drug-likeness (QED) is 0.723. The van der Waals surface area contributed by atoms with Gasteiger partial charge in [0, 0.05) is 5.56 Å². The summed E-state index contributed by atoms with van der Waals surface area (Å²) in [6, 6.07) is 8.15. The number of carbonyl (C=O) groups is 2. The van der Waals surface area contributed by atoms with Crippen molar-refractivity contribution in [3.8, 4) is 0 Å².